The molecule has 1 fully saturated rings. The minimum atomic E-state index is -0.502. The summed E-state index contributed by atoms with van der Waals surface area (Å²) in [4.78, 5) is 12.6. The first kappa shape index (κ1) is 16.3. The second kappa shape index (κ2) is 6.36. The largest absolute Gasteiger partial charge is 0.398 e. The number of hydrogen-bond donors (Lipinski definition) is 3. The fourth-order valence-electron chi connectivity index (χ4n) is 3.20. The number of anilines is 1. The molecule has 0 saturated heterocycles. The summed E-state index contributed by atoms with van der Waals surface area (Å²) >= 11 is 3.37. The van der Waals surface area contributed by atoms with Crippen molar-refractivity contribution in [2.45, 2.75) is 45.1 Å². The van der Waals surface area contributed by atoms with Gasteiger partial charge in [0.15, 0.2) is 0 Å². The average molecular weight is 355 g/mol. The highest BCUT2D eigenvalue weighted by Gasteiger charge is 2.36. The fourth-order valence-corrected chi connectivity index (χ4v) is 3.68. The molecule has 1 amide bonds. The van der Waals surface area contributed by atoms with Gasteiger partial charge in [-0.2, -0.15) is 0 Å². The summed E-state index contributed by atoms with van der Waals surface area (Å²) in [5.74, 6) is 0.350. The molecule has 2 atom stereocenters. The Morgan fingerprint density at radius 1 is 1.57 bits per heavy atom. The molecule has 0 bridgehead atoms. The van der Waals surface area contributed by atoms with Gasteiger partial charge >= 0.3 is 0 Å². The Morgan fingerprint density at radius 2 is 2.29 bits per heavy atom. The van der Waals surface area contributed by atoms with Crippen LogP contribution in [0.25, 0.3) is 0 Å². The molecule has 0 aliphatic heterocycles. The monoisotopic (exact) mass is 354 g/mol. The van der Waals surface area contributed by atoms with E-state index >= 15 is 0 Å². The Kier molecular flexibility index (Phi) is 4.94. The number of aliphatic hydroxyl groups is 1. The van der Waals surface area contributed by atoms with Crippen molar-refractivity contribution in [1.82, 2.24) is 5.32 Å². The van der Waals surface area contributed by atoms with Crippen LogP contribution in [0.1, 0.15) is 48.5 Å². The minimum absolute atomic E-state index is 0.0222. The van der Waals surface area contributed by atoms with Crippen molar-refractivity contribution in [3.63, 3.8) is 0 Å². The van der Waals surface area contributed by atoms with Gasteiger partial charge in [-0.25, -0.2) is 0 Å². The van der Waals surface area contributed by atoms with Crippen LogP contribution in [0.2, 0.25) is 0 Å². The van der Waals surface area contributed by atoms with E-state index in [2.05, 4.69) is 28.2 Å². The first-order valence-corrected chi connectivity index (χ1v) is 8.15. The number of nitrogens with two attached hydrogens (primary N) is 1. The molecule has 116 valence electrons. The molecule has 4 N–H and O–H groups in total. The molecule has 5 heteroatoms. The summed E-state index contributed by atoms with van der Waals surface area (Å²) in [6.07, 6.45) is 3.82. The lowest BCUT2D eigenvalue weighted by atomic mass is 9.76. The Bertz CT molecular complexity index is 547. The predicted molar refractivity (Wildman–Crippen MR) is 88.2 cm³/mol. The lowest BCUT2D eigenvalue weighted by molar-refractivity contribution is 0.0696. The third-order valence-electron chi connectivity index (χ3n) is 4.43. The molecule has 1 aromatic carbocycles. The van der Waals surface area contributed by atoms with E-state index in [4.69, 9.17) is 5.73 Å². The number of nitrogen functional groups attached to an aromatic ring is 1. The van der Waals surface area contributed by atoms with Crippen LogP contribution >= 0.6 is 15.9 Å². The Balaban J connectivity index is 2.24. The van der Waals surface area contributed by atoms with Gasteiger partial charge < -0.3 is 16.2 Å². The Labute approximate surface area is 134 Å². The number of amides is 1. The molecular formula is C16H23BrN2O2. The molecule has 1 saturated carbocycles. The second-order valence-corrected chi connectivity index (χ2v) is 7.18. The van der Waals surface area contributed by atoms with Crippen LogP contribution in [0, 0.1) is 12.8 Å². The van der Waals surface area contributed by atoms with Crippen LogP contribution < -0.4 is 11.1 Å². The van der Waals surface area contributed by atoms with Gasteiger partial charge in [-0.05, 0) is 43.4 Å². The number of rotatable bonds is 3. The van der Waals surface area contributed by atoms with Crippen LogP contribution in [0.5, 0.6) is 0 Å². The SMILES string of the molecule is Cc1c(N)cc(Br)cc1C(=O)NC1(CO)CCCC(C)C1. The van der Waals surface area contributed by atoms with E-state index in [1.807, 2.05) is 6.92 Å². The maximum Gasteiger partial charge on any atom is 0.252 e. The first-order chi connectivity index (χ1) is 9.87. The highest BCUT2D eigenvalue weighted by Crippen LogP contribution is 2.32. The zero-order valence-corrected chi connectivity index (χ0v) is 14.2. The number of aliphatic hydroxyl groups excluding tert-OH is 1. The fraction of sp³-hybridized carbons (Fsp3) is 0.562. The molecule has 21 heavy (non-hydrogen) atoms. The zero-order valence-electron chi connectivity index (χ0n) is 12.6. The van der Waals surface area contributed by atoms with Crippen LogP contribution in [0.15, 0.2) is 16.6 Å². The smallest absolute Gasteiger partial charge is 0.252 e. The summed E-state index contributed by atoms with van der Waals surface area (Å²) in [5, 5.41) is 12.8. The standard InChI is InChI=1S/C16H23BrN2O2/c1-10-4-3-5-16(8-10,9-20)19-15(21)13-6-12(17)7-14(18)11(13)2/h6-7,10,20H,3-5,8-9,18H2,1-2H3,(H,19,21). The van der Waals surface area contributed by atoms with Crippen molar-refractivity contribution in [1.29, 1.82) is 0 Å². The number of carbonyl (C=O) groups is 1. The molecule has 0 aromatic heterocycles. The van der Waals surface area contributed by atoms with Gasteiger partial charge in [-0.15, -0.1) is 0 Å². The molecular weight excluding hydrogens is 332 g/mol. The topological polar surface area (TPSA) is 75.4 Å². The van der Waals surface area contributed by atoms with E-state index in [-0.39, 0.29) is 12.5 Å². The van der Waals surface area contributed by atoms with Crippen molar-refractivity contribution in [2.75, 3.05) is 12.3 Å². The van der Waals surface area contributed by atoms with Crippen molar-refractivity contribution in [3.05, 3.63) is 27.7 Å². The van der Waals surface area contributed by atoms with Gasteiger partial charge in [0.1, 0.15) is 0 Å². The van der Waals surface area contributed by atoms with Gasteiger partial charge in [0, 0.05) is 15.7 Å². The minimum Gasteiger partial charge on any atom is -0.398 e. The van der Waals surface area contributed by atoms with Crippen molar-refractivity contribution in [2.24, 2.45) is 5.92 Å². The van der Waals surface area contributed by atoms with Crippen molar-refractivity contribution < 1.29 is 9.90 Å². The molecule has 0 heterocycles. The Hall–Kier alpha value is -1.07. The summed E-state index contributed by atoms with van der Waals surface area (Å²) < 4.78 is 0.783. The first-order valence-electron chi connectivity index (χ1n) is 7.36. The average Bonchev–Trinajstić information content (AvgIpc) is 2.42. The summed E-state index contributed by atoms with van der Waals surface area (Å²) in [6, 6.07) is 3.56. The molecule has 2 rings (SSSR count). The molecule has 1 aliphatic carbocycles. The van der Waals surface area contributed by atoms with E-state index in [0.717, 1.165) is 35.7 Å². The van der Waals surface area contributed by atoms with Crippen LogP contribution in [0.4, 0.5) is 5.69 Å². The van der Waals surface area contributed by atoms with E-state index in [0.29, 0.717) is 17.2 Å². The summed E-state index contributed by atoms with van der Waals surface area (Å²) in [6.45, 7) is 3.98. The van der Waals surface area contributed by atoms with Gasteiger partial charge in [-0.3, -0.25) is 4.79 Å². The van der Waals surface area contributed by atoms with Crippen molar-refractivity contribution in [3.8, 4) is 0 Å². The maximum atomic E-state index is 12.6. The highest BCUT2D eigenvalue weighted by atomic mass is 79.9. The molecule has 4 nitrogen and oxygen atoms in total. The number of nitrogens with one attached hydrogen (secondary N) is 1. The van der Waals surface area contributed by atoms with Crippen molar-refractivity contribution >= 4 is 27.5 Å². The molecule has 1 aromatic rings. The van der Waals surface area contributed by atoms with E-state index in [9.17, 15) is 9.90 Å². The maximum absolute atomic E-state index is 12.6. The molecule has 0 radical (unpaired) electrons. The summed E-state index contributed by atoms with van der Waals surface area (Å²) in [7, 11) is 0. The normalized spacial score (nSPS) is 25.6. The lowest BCUT2D eigenvalue weighted by Crippen LogP contribution is -2.54. The lowest BCUT2D eigenvalue weighted by Gasteiger charge is -2.39. The zero-order chi connectivity index (χ0) is 15.6. The quantitative estimate of drug-likeness (QED) is 0.730. The Morgan fingerprint density at radius 3 is 2.90 bits per heavy atom. The molecule has 2 unspecified atom stereocenters. The predicted octanol–water partition coefficient (Wildman–Crippen LogP) is 3.01. The third kappa shape index (κ3) is 3.58. The van der Waals surface area contributed by atoms with Gasteiger partial charge in [0.2, 0.25) is 0 Å². The number of carbonyl (C=O) groups excluding carboxylic acids is 1. The van der Waals surface area contributed by atoms with Crippen LogP contribution in [0.3, 0.4) is 0 Å². The van der Waals surface area contributed by atoms with Crippen LogP contribution in [-0.2, 0) is 0 Å². The van der Waals surface area contributed by atoms with Gasteiger partial charge in [0.25, 0.3) is 5.91 Å². The highest BCUT2D eigenvalue weighted by molar-refractivity contribution is 9.10. The summed E-state index contributed by atoms with van der Waals surface area (Å²) in [5.41, 5.74) is 7.34. The van der Waals surface area contributed by atoms with E-state index in [1.165, 1.54) is 0 Å². The molecule has 0 spiro atoms. The number of halogens is 1. The van der Waals surface area contributed by atoms with Gasteiger partial charge in [-0.1, -0.05) is 35.7 Å². The van der Waals surface area contributed by atoms with Gasteiger partial charge in [0.05, 0.1) is 12.1 Å². The number of benzene rings is 1. The number of hydrogen-bond acceptors (Lipinski definition) is 3. The van der Waals surface area contributed by atoms with Crippen LogP contribution in [-0.4, -0.2) is 23.2 Å². The second-order valence-electron chi connectivity index (χ2n) is 6.26. The molecule has 1 aliphatic rings. The van der Waals surface area contributed by atoms with E-state index < -0.39 is 5.54 Å². The van der Waals surface area contributed by atoms with E-state index in [1.54, 1.807) is 12.1 Å². The third-order valence-corrected chi connectivity index (χ3v) is 4.89.